The minimum atomic E-state index is -0.561. The van der Waals surface area contributed by atoms with Gasteiger partial charge in [0.05, 0.1) is 0 Å². The lowest BCUT2D eigenvalue weighted by molar-refractivity contribution is 0.0636. The summed E-state index contributed by atoms with van der Waals surface area (Å²) >= 11 is 4.00. The predicted molar refractivity (Wildman–Crippen MR) is 68.9 cm³/mol. The van der Waals surface area contributed by atoms with E-state index < -0.39 is 11.7 Å². The Bertz CT molecular complexity index is 415. The third-order valence-electron chi connectivity index (χ3n) is 1.86. The number of anilines is 1. The Kier molecular flexibility index (Phi) is 4.40. The van der Waals surface area contributed by atoms with Crippen LogP contribution in [0.2, 0.25) is 0 Å². The van der Waals surface area contributed by atoms with E-state index in [1.807, 2.05) is 0 Å². The van der Waals surface area contributed by atoms with Gasteiger partial charge in [0.25, 0.3) is 0 Å². The highest BCUT2D eigenvalue weighted by molar-refractivity contribution is 7.79. The molecule has 0 bridgehead atoms. The van der Waals surface area contributed by atoms with Crippen molar-refractivity contribution in [3.05, 3.63) is 29.6 Å². The van der Waals surface area contributed by atoms with Gasteiger partial charge in [0, 0.05) is 11.4 Å². The standard InChI is InChI=1S/C12H16FNO2S/c1-12(2,3)16-11(15)14-9-4-5-10(13)8(6-9)7-17/h4-6,17H,7H2,1-3H3,(H,14,15). The molecular formula is C12H16FNO2S. The predicted octanol–water partition coefficient (Wildman–Crippen LogP) is 3.60. The molecule has 0 unspecified atom stereocenters. The zero-order valence-electron chi connectivity index (χ0n) is 10.1. The zero-order chi connectivity index (χ0) is 13.1. The number of benzene rings is 1. The molecule has 0 heterocycles. The summed E-state index contributed by atoms with van der Waals surface area (Å²) in [6.45, 7) is 5.32. The molecule has 0 atom stereocenters. The van der Waals surface area contributed by atoms with Gasteiger partial charge in [0.2, 0.25) is 0 Å². The van der Waals surface area contributed by atoms with E-state index in [1.165, 1.54) is 18.2 Å². The number of halogens is 1. The summed E-state index contributed by atoms with van der Waals surface area (Å²) in [6.07, 6.45) is -0.561. The molecule has 1 amide bonds. The number of carbonyl (C=O) groups excluding carboxylic acids is 1. The Labute approximate surface area is 106 Å². The van der Waals surface area contributed by atoms with Crippen LogP contribution >= 0.6 is 12.6 Å². The first-order chi connectivity index (χ1) is 7.81. The fourth-order valence-electron chi connectivity index (χ4n) is 1.20. The van der Waals surface area contributed by atoms with Gasteiger partial charge in [0.1, 0.15) is 11.4 Å². The largest absolute Gasteiger partial charge is 0.444 e. The number of nitrogens with one attached hydrogen (secondary N) is 1. The van der Waals surface area contributed by atoms with Crippen LogP contribution in [0.3, 0.4) is 0 Å². The van der Waals surface area contributed by atoms with Crippen molar-refractivity contribution in [1.29, 1.82) is 0 Å². The quantitative estimate of drug-likeness (QED) is 0.794. The maximum Gasteiger partial charge on any atom is 0.412 e. The maximum atomic E-state index is 13.2. The van der Waals surface area contributed by atoms with Crippen LogP contribution in [-0.4, -0.2) is 11.7 Å². The summed E-state index contributed by atoms with van der Waals surface area (Å²) in [5.41, 5.74) is 0.364. The second kappa shape index (κ2) is 5.40. The fraction of sp³-hybridized carbons (Fsp3) is 0.417. The molecule has 0 saturated carbocycles. The van der Waals surface area contributed by atoms with Gasteiger partial charge in [-0.1, -0.05) is 0 Å². The second-order valence-corrected chi connectivity index (χ2v) is 4.91. The van der Waals surface area contributed by atoms with E-state index in [0.717, 1.165) is 0 Å². The highest BCUT2D eigenvalue weighted by Crippen LogP contribution is 2.17. The highest BCUT2D eigenvalue weighted by Gasteiger charge is 2.16. The van der Waals surface area contributed by atoms with E-state index >= 15 is 0 Å². The Morgan fingerprint density at radius 3 is 2.65 bits per heavy atom. The molecule has 0 spiro atoms. The number of thiol groups is 1. The van der Waals surface area contributed by atoms with E-state index in [9.17, 15) is 9.18 Å². The molecule has 17 heavy (non-hydrogen) atoms. The first kappa shape index (κ1) is 13.8. The Morgan fingerprint density at radius 1 is 1.47 bits per heavy atom. The summed E-state index contributed by atoms with van der Waals surface area (Å²) in [4.78, 5) is 11.5. The van der Waals surface area contributed by atoms with Gasteiger partial charge in [-0.05, 0) is 44.5 Å². The van der Waals surface area contributed by atoms with Gasteiger partial charge in [-0.25, -0.2) is 9.18 Å². The van der Waals surface area contributed by atoms with Crippen molar-refractivity contribution in [3.63, 3.8) is 0 Å². The van der Waals surface area contributed by atoms with Crippen LogP contribution in [0.1, 0.15) is 26.3 Å². The van der Waals surface area contributed by atoms with E-state index in [4.69, 9.17) is 4.74 Å². The van der Waals surface area contributed by atoms with Crippen LogP contribution in [0.25, 0.3) is 0 Å². The normalized spacial score (nSPS) is 11.1. The van der Waals surface area contributed by atoms with Gasteiger partial charge >= 0.3 is 6.09 Å². The molecule has 0 aliphatic rings. The number of amides is 1. The maximum absolute atomic E-state index is 13.2. The van der Waals surface area contributed by atoms with Crippen molar-refractivity contribution in [1.82, 2.24) is 0 Å². The molecule has 1 aromatic carbocycles. The molecule has 1 rings (SSSR count). The SMILES string of the molecule is CC(C)(C)OC(=O)Nc1ccc(F)c(CS)c1. The average molecular weight is 257 g/mol. The molecule has 1 N–H and O–H groups in total. The van der Waals surface area contributed by atoms with E-state index in [0.29, 0.717) is 11.3 Å². The van der Waals surface area contributed by atoms with Crippen LogP contribution in [-0.2, 0) is 10.5 Å². The molecular weight excluding hydrogens is 241 g/mol. The molecule has 0 aliphatic carbocycles. The van der Waals surface area contributed by atoms with Crippen LogP contribution in [0.15, 0.2) is 18.2 Å². The summed E-state index contributed by atoms with van der Waals surface area (Å²) in [7, 11) is 0. The molecule has 94 valence electrons. The molecule has 0 aromatic heterocycles. The topological polar surface area (TPSA) is 38.3 Å². The van der Waals surface area contributed by atoms with Gasteiger partial charge < -0.3 is 4.74 Å². The first-order valence-corrected chi connectivity index (χ1v) is 5.84. The van der Waals surface area contributed by atoms with Crippen molar-refractivity contribution < 1.29 is 13.9 Å². The second-order valence-electron chi connectivity index (χ2n) is 4.59. The monoisotopic (exact) mass is 257 g/mol. The van der Waals surface area contributed by atoms with Crippen LogP contribution < -0.4 is 5.32 Å². The van der Waals surface area contributed by atoms with Crippen molar-refractivity contribution in [3.8, 4) is 0 Å². The molecule has 0 saturated heterocycles. The van der Waals surface area contributed by atoms with Crippen LogP contribution in [0, 0.1) is 5.82 Å². The van der Waals surface area contributed by atoms with Gasteiger partial charge in [0.15, 0.2) is 0 Å². The summed E-state index contributed by atoms with van der Waals surface area (Å²) in [5, 5.41) is 2.54. The minimum absolute atomic E-state index is 0.273. The van der Waals surface area contributed by atoms with E-state index in [2.05, 4.69) is 17.9 Å². The Morgan fingerprint density at radius 2 is 2.12 bits per heavy atom. The number of carbonyl (C=O) groups is 1. The summed E-state index contributed by atoms with van der Waals surface area (Å²) in [6, 6.07) is 4.30. The third kappa shape index (κ3) is 4.65. The number of rotatable bonds is 2. The van der Waals surface area contributed by atoms with Crippen molar-refractivity contribution >= 4 is 24.4 Å². The molecule has 1 aromatic rings. The van der Waals surface area contributed by atoms with E-state index in [-0.39, 0.29) is 11.6 Å². The minimum Gasteiger partial charge on any atom is -0.444 e. The first-order valence-electron chi connectivity index (χ1n) is 5.21. The summed E-state index contributed by atoms with van der Waals surface area (Å²) in [5.74, 6) is -0.0647. The lowest BCUT2D eigenvalue weighted by Gasteiger charge is -2.19. The van der Waals surface area contributed by atoms with Crippen molar-refractivity contribution in [2.75, 3.05) is 5.32 Å². The molecule has 3 nitrogen and oxygen atoms in total. The highest BCUT2D eigenvalue weighted by atomic mass is 32.1. The third-order valence-corrected chi connectivity index (χ3v) is 2.20. The van der Waals surface area contributed by atoms with Crippen molar-refractivity contribution in [2.45, 2.75) is 32.1 Å². The number of ether oxygens (including phenoxy) is 1. The van der Waals surface area contributed by atoms with Crippen LogP contribution in [0.5, 0.6) is 0 Å². The molecule has 0 fully saturated rings. The lowest BCUT2D eigenvalue weighted by atomic mass is 10.2. The molecule has 5 heteroatoms. The van der Waals surface area contributed by atoms with Gasteiger partial charge in [-0.2, -0.15) is 12.6 Å². The number of hydrogen-bond donors (Lipinski definition) is 2. The fourth-order valence-corrected chi connectivity index (χ4v) is 1.44. The van der Waals surface area contributed by atoms with Gasteiger partial charge in [-0.15, -0.1) is 0 Å². The zero-order valence-corrected chi connectivity index (χ0v) is 11.0. The van der Waals surface area contributed by atoms with Crippen LogP contribution in [0.4, 0.5) is 14.9 Å². The molecule has 0 radical (unpaired) electrons. The summed E-state index contributed by atoms with van der Waals surface area (Å²) < 4.78 is 18.3. The average Bonchev–Trinajstić information content (AvgIpc) is 2.18. The van der Waals surface area contributed by atoms with Gasteiger partial charge in [-0.3, -0.25) is 5.32 Å². The number of hydrogen-bond acceptors (Lipinski definition) is 3. The Hall–Kier alpha value is -1.23. The lowest BCUT2D eigenvalue weighted by Crippen LogP contribution is -2.27. The van der Waals surface area contributed by atoms with Crippen molar-refractivity contribution in [2.24, 2.45) is 0 Å². The van der Waals surface area contributed by atoms with E-state index in [1.54, 1.807) is 20.8 Å². The smallest absolute Gasteiger partial charge is 0.412 e. The molecule has 0 aliphatic heterocycles. The Balaban J connectivity index is 2.72.